The molecule has 2 aromatic carbocycles. The fraction of sp³-hybridized carbons (Fsp3) is 0. The van der Waals surface area contributed by atoms with Gasteiger partial charge < -0.3 is 11.1 Å². The summed E-state index contributed by atoms with van der Waals surface area (Å²) in [4.78, 5) is 12.1. The second-order valence-electron chi connectivity index (χ2n) is 3.79. The van der Waals surface area contributed by atoms with E-state index in [9.17, 15) is 4.79 Å². The largest absolute Gasteiger partial charge is 0.398 e. The van der Waals surface area contributed by atoms with E-state index in [1.807, 2.05) is 0 Å². The van der Waals surface area contributed by atoms with Crippen LogP contribution in [0.2, 0.25) is 5.02 Å². The number of carbonyl (C=O) groups is 1. The predicted molar refractivity (Wildman–Crippen MR) is 85.7 cm³/mol. The molecular formula is C13H9Br2ClN2O. The second-order valence-corrected chi connectivity index (χ2v) is 5.85. The lowest BCUT2D eigenvalue weighted by molar-refractivity contribution is 0.102. The second kappa shape index (κ2) is 5.94. The molecular weight excluding hydrogens is 395 g/mol. The lowest BCUT2D eigenvalue weighted by atomic mass is 10.2. The first-order chi connectivity index (χ1) is 8.99. The van der Waals surface area contributed by atoms with Crippen molar-refractivity contribution in [3.63, 3.8) is 0 Å². The van der Waals surface area contributed by atoms with Crippen LogP contribution < -0.4 is 11.1 Å². The smallest absolute Gasteiger partial charge is 0.255 e. The monoisotopic (exact) mass is 402 g/mol. The third kappa shape index (κ3) is 3.29. The van der Waals surface area contributed by atoms with Crippen molar-refractivity contribution in [1.29, 1.82) is 0 Å². The van der Waals surface area contributed by atoms with Gasteiger partial charge in [-0.2, -0.15) is 0 Å². The van der Waals surface area contributed by atoms with Crippen LogP contribution in [0.5, 0.6) is 0 Å². The van der Waals surface area contributed by atoms with Crippen LogP contribution in [0.25, 0.3) is 0 Å². The number of nitrogen functional groups attached to an aromatic ring is 1. The summed E-state index contributed by atoms with van der Waals surface area (Å²) in [5, 5.41) is 3.32. The summed E-state index contributed by atoms with van der Waals surface area (Å²) >= 11 is 12.6. The van der Waals surface area contributed by atoms with Crippen molar-refractivity contribution in [3.05, 3.63) is 55.9 Å². The van der Waals surface area contributed by atoms with E-state index < -0.39 is 0 Å². The van der Waals surface area contributed by atoms with Crippen LogP contribution in [0.1, 0.15) is 10.4 Å². The topological polar surface area (TPSA) is 55.1 Å². The molecule has 0 heterocycles. The van der Waals surface area contributed by atoms with Gasteiger partial charge in [0.05, 0.1) is 15.2 Å². The average molecular weight is 404 g/mol. The van der Waals surface area contributed by atoms with Gasteiger partial charge in [-0.25, -0.2) is 0 Å². The van der Waals surface area contributed by atoms with E-state index in [-0.39, 0.29) is 5.91 Å². The molecule has 0 spiro atoms. The van der Waals surface area contributed by atoms with Gasteiger partial charge in [-0.05, 0) is 62.2 Å². The molecule has 6 heteroatoms. The van der Waals surface area contributed by atoms with Crippen molar-refractivity contribution >= 4 is 60.7 Å². The molecule has 0 atom stereocenters. The highest BCUT2D eigenvalue weighted by atomic mass is 79.9. The Labute approximate surface area is 132 Å². The molecule has 0 aromatic heterocycles. The van der Waals surface area contributed by atoms with Crippen molar-refractivity contribution in [2.75, 3.05) is 11.1 Å². The fourth-order valence-corrected chi connectivity index (χ4v) is 2.38. The number of hydrogen-bond donors (Lipinski definition) is 2. The average Bonchev–Trinajstić information content (AvgIpc) is 2.38. The first kappa shape index (κ1) is 14.4. The van der Waals surface area contributed by atoms with Crippen LogP contribution in [-0.2, 0) is 0 Å². The fourth-order valence-electron chi connectivity index (χ4n) is 1.46. The number of halogens is 3. The van der Waals surface area contributed by atoms with E-state index in [1.54, 1.807) is 36.4 Å². The van der Waals surface area contributed by atoms with Crippen LogP contribution in [-0.4, -0.2) is 5.91 Å². The van der Waals surface area contributed by atoms with Crippen molar-refractivity contribution in [2.24, 2.45) is 0 Å². The Morgan fingerprint density at radius 1 is 1.21 bits per heavy atom. The van der Waals surface area contributed by atoms with E-state index >= 15 is 0 Å². The summed E-state index contributed by atoms with van der Waals surface area (Å²) in [5.41, 5.74) is 7.39. The van der Waals surface area contributed by atoms with E-state index in [0.717, 1.165) is 0 Å². The normalized spacial score (nSPS) is 10.3. The van der Waals surface area contributed by atoms with Gasteiger partial charge in [-0.1, -0.05) is 17.7 Å². The third-order valence-corrected chi connectivity index (χ3v) is 4.55. The summed E-state index contributed by atoms with van der Waals surface area (Å²) in [7, 11) is 0. The first-order valence-corrected chi connectivity index (χ1v) is 7.26. The van der Waals surface area contributed by atoms with Gasteiger partial charge in [-0.3, -0.25) is 4.79 Å². The van der Waals surface area contributed by atoms with Crippen LogP contribution in [0, 0.1) is 0 Å². The number of anilines is 2. The molecule has 0 fully saturated rings. The Morgan fingerprint density at radius 3 is 2.63 bits per heavy atom. The Hall–Kier alpha value is -1.04. The summed E-state index contributed by atoms with van der Waals surface area (Å²) < 4.78 is 1.34. The molecule has 0 bridgehead atoms. The molecule has 2 aromatic rings. The third-order valence-electron chi connectivity index (χ3n) is 2.46. The maximum Gasteiger partial charge on any atom is 0.255 e. The number of nitrogens with one attached hydrogen (secondary N) is 1. The molecule has 0 aliphatic heterocycles. The van der Waals surface area contributed by atoms with Gasteiger partial charge in [0.1, 0.15) is 0 Å². The highest BCUT2D eigenvalue weighted by molar-refractivity contribution is 9.11. The number of rotatable bonds is 2. The molecule has 3 nitrogen and oxygen atoms in total. The number of amides is 1. The zero-order chi connectivity index (χ0) is 14.0. The van der Waals surface area contributed by atoms with Gasteiger partial charge >= 0.3 is 0 Å². The molecule has 3 N–H and O–H groups in total. The molecule has 98 valence electrons. The minimum atomic E-state index is -0.233. The minimum absolute atomic E-state index is 0.233. The van der Waals surface area contributed by atoms with Gasteiger partial charge in [-0.15, -0.1) is 0 Å². The van der Waals surface area contributed by atoms with E-state index in [0.29, 0.717) is 30.9 Å². The number of benzene rings is 2. The van der Waals surface area contributed by atoms with Gasteiger partial charge in [0, 0.05) is 15.7 Å². The molecule has 0 aliphatic carbocycles. The first-order valence-electron chi connectivity index (χ1n) is 5.29. The lowest BCUT2D eigenvalue weighted by Gasteiger charge is -2.09. The minimum Gasteiger partial charge on any atom is -0.398 e. The Kier molecular flexibility index (Phi) is 4.50. The Morgan fingerprint density at radius 2 is 1.95 bits per heavy atom. The van der Waals surface area contributed by atoms with E-state index in [2.05, 4.69) is 37.2 Å². The van der Waals surface area contributed by atoms with Crippen molar-refractivity contribution < 1.29 is 4.79 Å². The summed E-state index contributed by atoms with van der Waals surface area (Å²) in [6.07, 6.45) is 0. The molecule has 0 aliphatic rings. The standard InChI is InChI=1S/C13H9Br2ClN2O/c14-8-6-7(4-5-10(8)17)13(19)18-11-3-1-2-9(16)12(11)15/h1-6H,17H2,(H,18,19). The van der Waals surface area contributed by atoms with Crippen LogP contribution in [0.4, 0.5) is 11.4 Å². The highest BCUT2D eigenvalue weighted by Gasteiger charge is 2.11. The molecule has 0 unspecified atom stereocenters. The number of carbonyl (C=O) groups excluding carboxylic acids is 1. The molecule has 19 heavy (non-hydrogen) atoms. The lowest BCUT2D eigenvalue weighted by Crippen LogP contribution is -2.12. The van der Waals surface area contributed by atoms with Gasteiger partial charge in [0.2, 0.25) is 0 Å². The van der Waals surface area contributed by atoms with Crippen LogP contribution in [0.3, 0.4) is 0 Å². The van der Waals surface area contributed by atoms with Gasteiger partial charge in [0.25, 0.3) is 5.91 Å². The summed E-state index contributed by atoms with van der Waals surface area (Å²) in [6.45, 7) is 0. The van der Waals surface area contributed by atoms with Crippen molar-refractivity contribution in [2.45, 2.75) is 0 Å². The van der Waals surface area contributed by atoms with E-state index in [4.69, 9.17) is 17.3 Å². The molecule has 0 saturated heterocycles. The SMILES string of the molecule is Nc1ccc(C(=O)Nc2cccc(Cl)c2Br)cc1Br. The maximum absolute atomic E-state index is 12.1. The summed E-state index contributed by atoms with van der Waals surface area (Å²) in [5.74, 6) is -0.233. The number of nitrogens with two attached hydrogens (primary N) is 1. The zero-order valence-corrected chi connectivity index (χ0v) is 13.5. The van der Waals surface area contributed by atoms with Crippen molar-refractivity contribution in [1.82, 2.24) is 0 Å². The zero-order valence-electron chi connectivity index (χ0n) is 9.58. The van der Waals surface area contributed by atoms with Gasteiger partial charge in [0.15, 0.2) is 0 Å². The Bertz CT molecular complexity index is 647. The predicted octanol–water partition coefficient (Wildman–Crippen LogP) is 4.70. The molecule has 1 amide bonds. The summed E-state index contributed by atoms with van der Waals surface area (Å²) in [6, 6.07) is 10.3. The van der Waals surface area contributed by atoms with Crippen LogP contribution >= 0.6 is 43.5 Å². The quantitative estimate of drug-likeness (QED) is 0.713. The highest BCUT2D eigenvalue weighted by Crippen LogP contribution is 2.30. The molecule has 0 saturated carbocycles. The Balaban J connectivity index is 2.26. The van der Waals surface area contributed by atoms with Crippen LogP contribution in [0.15, 0.2) is 45.3 Å². The molecule has 2 rings (SSSR count). The van der Waals surface area contributed by atoms with Crippen molar-refractivity contribution in [3.8, 4) is 0 Å². The maximum atomic E-state index is 12.1. The molecule has 0 radical (unpaired) electrons. The number of hydrogen-bond acceptors (Lipinski definition) is 2. The van der Waals surface area contributed by atoms with E-state index in [1.165, 1.54) is 0 Å².